The highest BCUT2D eigenvalue weighted by atomic mass is 79.9. The topological polar surface area (TPSA) is 37.4 Å². The fraction of sp³-hybridized carbons (Fsp3) is 0.286. The molecule has 0 aliphatic rings. The van der Waals surface area contributed by atoms with Gasteiger partial charge in [-0.1, -0.05) is 28.1 Å². The Hall–Kier alpha value is -0.690. The molecule has 2 rings (SSSR count). The number of hydrogen-bond donors (Lipinski definition) is 0. The summed E-state index contributed by atoms with van der Waals surface area (Å²) in [5.74, 6) is 0. The second-order valence-corrected chi connectivity index (χ2v) is 8.52. The first-order chi connectivity index (χ1) is 9.41. The molecule has 0 amide bonds. The molecule has 1 aromatic heterocycles. The highest BCUT2D eigenvalue weighted by molar-refractivity contribution is 9.10. The molecule has 0 aliphatic carbocycles. The van der Waals surface area contributed by atoms with Crippen molar-refractivity contribution < 1.29 is 8.42 Å². The summed E-state index contributed by atoms with van der Waals surface area (Å²) < 4.78 is 27.8. The van der Waals surface area contributed by atoms with Crippen LogP contribution in [-0.4, -0.2) is 18.8 Å². The van der Waals surface area contributed by atoms with Crippen LogP contribution in [0.1, 0.15) is 18.7 Å². The van der Waals surface area contributed by atoms with Crippen LogP contribution < -0.4 is 0 Å². The summed E-state index contributed by atoms with van der Waals surface area (Å²) in [6, 6.07) is 10.6. The maximum Gasteiger partial charge on any atom is 0.243 e. The van der Waals surface area contributed by atoms with Crippen LogP contribution in [0, 0.1) is 0 Å². The molecule has 0 unspecified atom stereocenters. The van der Waals surface area contributed by atoms with Gasteiger partial charge < -0.3 is 0 Å². The Labute approximate surface area is 132 Å². The maximum absolute atomic E-state index is 12.8. The van der Waals surface area contributed by atoms with Gasteiger partial charge in [0.05, 0.1) is 4.90 Å². The molecule has 20 heavy (non-hydrogen) atoms. The summed E-state index contributed by atoms with van der Waals surface area (Å²) in [4.78, 5) is 1.36. The van der Waals surface area contributed by atoms with Gasteiger partial charge in [-0.05, 0) is 43.5 Å². The largest absolute Gasteiger partial charge is 0.243 e. The Morgan fingerprint density at radius 3 is 2.55 bits per heavy atom. The lowest BCUT2D eigenvalue weighted by atomic mass is 10.4. The second kappa shape index (κ2) is 6.39. The van der Waals surface area contributed by atoms with Gasteiger partial charge in [0.2, 0.25) is 10.0 Å². The zero-order chi connectivity index (χ0) is 14.8. The fourth-order valence-corrected chi connectivity index (χ4v) is 4.86. The van der Waals surface area contributed by atoms with Crippen LogP contribution in [-0.2, 0) is 16.6 Å². The van der Waals surface area contributed by atoms with Crippen molar-refractivity contribution in [3.63, 3.8) is 0 Å². The smallest absolute Gasteiger partial charge is 0.207 e. The van der Waals surface area contributed by atoms with Crippen molar-refractivity contribution in [2.75, 3.05) is 0 Å². The van der Waals surface area contributed by atoms with E-state index in [0.717, 1.165) is 9.35 Å². The van der Waals surface area contributed by atoms with Gasteiger partial charge in [-0.3, -0.25) is 0 Å². The molecule has 3 nitrogen and oxygen atoms in total. The van der Waals surface area contributed by atoms with Crippen LogP contribution in [0.4, 0.5) is 0 Å². The lowest BCUT2D eigenvalue weighted by Gasteiger charge is -2.25. The van der Waals surface area contributed by atoms with Gasteiger partial charge in [0.25, 0.3) is 0 Å². The van der Waals surface area contributed by atoms with Crippen LogP contribution in [0.2, 0.25) is 0 Å². The van der Waals surface area contributed by atoms with Crippen LogP contribution in [0.15, 0.2) is 51.1 Å². The van der Waals surface area contributed by atoms with Crippen molar-refractivity contribution in [2.45, 2.75) is 31.3 Å². The third-order valence-electron chi connectivity index (χ3n) is 2.87. The molecule has 6 heteroatoms. The normalized spacial score (nSPS) is 12.2. The van der Waals surface area contributed by atoms with Crippen molar-refractivity contribution in [2.24, 2.45) is 0 Å². The van der Waals surface area contributed by atoms with Crippen molar-refractivity contribution in [1.82, 2.24) is 4.31 Å². The first-order valence-electron chi connectivity index (χ1n) is 6.21. The number of halogens is 1. The minimum absolute atomic E-state index is 0.0962. The number of thiophene rings is 1. The lowest BCUT2D eigenvalue weighted by Crippen LogP contribution is -2.36. The summed E-state index contributed by atoms with van der Waals surface area (Å²) in [5, 5.41) is 1.96. The molecule has 0 bridgehead atoms. The molecule has 0 atom stereocenters. The van der Waals surface area contributed by atoms with Crippen molar-refractivity contribution in [3.8, 4) is 0 Å². The second-order valence-electron chi connectivity index (χ2n) is 4.68. The van der Waals surface area contributed by atoms with E-state index in [1.165, 1.54) is 4.31 Å². The molecule has 0 N–H and O–H groups in total. The molecule has 2 aromatic rings. The van der Waals surface area contributed by atoms with Crippen LogP contribution in [0.3, 0.4) is 0 Å². The first-order valence-corrected chi connectivity index (χ1v) is 9.32. The third kappa shape index (κ3) is 3.49. The van der Waals surface area contributed by atoms with Crippen LogP contribution in [0.5, 0.6) is 0 Å². The van der Waals surface area contributed by atoms with E-state index in [9.17, 15) is 8.42 Å². The standard InChI is InChI=1S/C14H16BrNO2S2/c1-11(2)16(10-13-6-4-8-19-13)20(17,18)14-7-3-5-12(15)9-14/h3-9,11H,10H2,1-2H3. The van der Waals surface area contributed by atoms with E-state index in [1.54, 1.807) is 29.5 Å². The first kappa shape index (κ1) is 15.7. The van der Waals surface area contributed by atoms with E-state index in [0.29, 0.717) is 11.4 Å². The van der Waals surface area contributed by atoms with E-state index in [4.69, 9.17) is 0 Å². The Kier molecular flexibility index (Phi) is 5.01. The summed E-state index contributed by atoms with van der Waals surface area (Å²) in [6.07, 6.45) is 0. The van der Waals surface area contributed by atoms with Gasteiger partial charge in [0, 0.05) is 21.9 Å². The average molecular weight is 374 g/mol. The lowest BCUT2D eigenvalue weighted by molar-refractivity contribution is 0.350. The number of nitrogens with zero attached hydrogens (tertiary/aromatic N) is 1. The molecule has 0 fully saturated rings. The highest BCUT2D eigenvalue weighted by Crippen LogP contribution is 2.24. The molecule has 0 saturated carbocycles. The van der Waals surface area contributed by atoms with E-state index in [2.05, 4.69) is 15.9 Å². The predicted octanol–water partition coefficient (Wildman–Crippen LogP) is 4.11. The Balaban J connectivity index is 2.37. The molecule has 1 aromatic carbocycles. The predicted molar refractivity (Wildman–Crippen MR) is 86.3 cm³/mol. The number of benzene rings is 1. The van der Waals surface area contributed by atoms with Gasteiger partial charge in [0.15, 0.2) is 0 Å². The number of sulfonamides is 1. The van der Waals surface area contributed by atoms with E-state index >= 15 is 0 Å². The van der Waals surface area contributed by atoms with Gasteiger partial charge in [-0.2, -0.15) is 4.31 Å². The van der Waals surface area contributed by atoms with Crippen LogP contribution in [0.25, 0.3) is 0 Å². The number of rotatable bonds is 5. The van der Waals surface area contributed by atoms with Gasteiger partial charge in [-0.25, -0.2) is 8.42 Å². The molecule has 0 radical (unpaired) electrons. The molecule has 1 heterocycles. The SMILES string of the molecule is CC(C)N(Cc1cccs1)S(=O)(=O)c1cccc(Br)c1. The molecule has 0 aliphatic heterocycles. The zero-order valence-electron chi connectivity index (χ0n) is 11.3. The summed E-state index contributed by atoms with van der Waals surface area (Å²) in [7, 11) is -3.49. The van der Waals surface area contributed by atoms with Gasteiger partial charge in [-0.15, -0.1) is 11.3 Å². The molecule has 108 valence electrons. The number of hydrogen-bond acceptors (Lipinski definition) is 3. The highest BCUT2D eigenvalue weighted by Gasteiger charge is 2.27. The molecular formula is C14H16BrNO2S2. The third-order valence-corrected chi connectivity index (χ3v) is 6.24. The van der Waals surface area contributed by atoms with Crippen molar-refractivity contribution in [1.29, 1.82) is 0 Å². The fourth-order valence-electron chi connectivity index (χ4n) is 1.86. The molecule has 0 saturated heterocycles. The van der Waals surface area contributed by atoms with Crippen molar-refractivity contribution >= 4 is 37.3 Å². The minimum Gasteiger partial charge on any atom is -0.207 e. The van der Waals surface area contributed by atoms with Crippen molar-refractivity contribution in [3.05, 3.63) is 51.1 Å². The van der Waals surface area contributed by atoms with E-state index in [1.807, 2.05) is 37.4 Å². The summed E-state index contributed by atoms with van der Waals surface area (Å²) in [6.45, 7) is 4.19. The van der Waals surface area contributed by atoms with E-state index in [-0.39, 0.29) is 6.04 Å². The Morgan fingerprint density at radius 2 is 2.00 bits per heavy atom. The minimum atomic E-state index is -3.49. The Morgan fingerprint density at radius 1 is 1.25 bits per heavy atom. The molecular weight excluding hydrogens is 358 g/mol. The summed E-state index contributed by atoms with van der Waals surface area (Å²) >= 11 is 4.89. The monoisotopic (exact) mass is 373 g/mol. The van der Waals surface area contributed by atoms with Gasteiger partial charge >= 0.3 is 0 Å². The maximum atomic E-state index is 12.8. The quantitative estimate of drug-likeness (QED) is 0.790. The van der Waals surface area contributed by atoms with Gasteiger partial charge in [0.1, 0.15) is 0 Å². The average Bonchev–Trinajstić information content (AvgIpc) is 2.88. The zero-order valence-corrected chi connectivity index (χ0v) is 14.5. The Bertz CT molecular complexity index is 666. The van der Waals surface area contributed by atoms with Crippen LogP contribution >= 0.6 is 27.3 Å². The summed E-state index contributed by atoms with van der Waals surface area (Å²) in [5.41, 5.74) is 0. The molecule has 0 spiro atoms. The van der Waals surface area contributed by atoms with E-state index < -0.39 is 10.0 Å².